The van der Waals surface area contributed by atoms with Crippen molar-refractivity contribution in [2.75, 3.05) is 0 Å². The van der Waals surface area contributed by atoms with E-state index in [4.69, 9.17) is 4.74 Å². The van der Waals surface area contributed by atoms with E-state index in [9.17, 15) is 0 Å². The first kappa shape index (κ1) is 25.8. The van der Waals surface area contributed by atoms with E-state index in [2.05, 4.69) is 104 Å². The van der Waals surface area contributed by atoms with Gasteiger partial charge in [0.1, 0.15) is 5.75 Å². The highest BCUT2D eigenvalue weighted by Gasteiger charge is 2.37. The topological polar surface area (TPSA) is 9.23 Å². The van der Waals surface area contributed by atoms with E-state index in [0.717, 1.165) is 5.75 Å². The third-order valence-corrected chi connectivity index (χ3v) is 5.56. The van der Waals surface area contributed by atoms with Crippen molar-refractivity contribution in [1.82, 2.24) is 0 Å². The molecule has 0 saturated heterocycles. The van der Waals surface area contributed by atoms with Crippen LogP contribution in [0.1, 0.15) is 137 Å². The first-order chi connectivity index (χ1) is 12.9. The van der Waals surface area contributed by atoms with E-state index >= 15 is 0 Å². The first-order valence-electron chi connectivity index (χ1n) is 11.5. The normalized spacial score (nSPS) is 13.2. The van der Waals surface area contributed by atoms with Crippen LogP contribution < -0.4 is 4.74 Å². The van der Waals surface area contributed by atoms with Gasteiger partial charge in [0, 0.05) is 11.1 Å². The Balaban J connectivity index is 4.49. The molecule has 1 heteroatoms. The molecule has 1 rings (SSSR count). The minimum absolute atomic E-state index is 0.0225. The number of rotatable bonds is 6. The number of allylic oxidation sites excluding steroid dienone is 1. The van der Waals surface area contributed by atoms with Crippen LogP contribution in [0.3, 0.4) is 0 Å². The molecule has 0 aliphatic carbocycles. The molecule has 0 fully saturated rings. The minimum atomic E-state index is -0.0225. The van der Waals surface area contributed by atoms with Crippen LogP contribution in [0.15, 0.2) is 6.58 Å². The molecule has 0 spiro atoms. The van der Waals surface area contributed by atoms with Gasteiger partial charge in [0.2, 0.25) is 0 Å². The maximum atomic E-state index is 6.68. The van der Waals surface area contributed by atoms with Gasteiger partial charge in [-0.05, 0) is 64.7 Å². The molecular formula is C28H48O. The molecule has 0 atom stereocenters. The average molecular weight is 401 g/mol. The molecule has 1 nitrogen and oxygen atoms in total. The lowest BCUT2D eigenvalue weighted by Gasteiger charge is -2.39. The SMILES string of the molecule is C=C(c1c(C(C)C)c(C(C)(C)C)c(OC(C)C)c(C(C)(C)C)c1C(C)C)C(C)C. The Morgan fingerprint density at radius 3 is 1.24 bits per heavy atom. The van der Waals surface area contributed by atoms with Crippen molar-refractivity contribution >= 4 is 5.57 Å². The van der Waals surface area contributed by atoms with E-state index in [1.807, 2.05) is 0 Å². The van der Waals surface area contributed by atoms with Gasteiger partial charge in [-0.3, -0.25) is 0 Å². The van der Waals surface area contributed by atoms with E-state index in [-0.39, 0.29) is 16.9 Å². The van der Waals surface area contributed by atoms with Gasteiger partial charge in [-0.1, -0.05) is 89.7 Å². The monoisotopic (exact) mass is 400 g/mol. The Bertz CT molecular complexity index is 684. The highest BCUT2D eigenvalue weighted by molar-refractivity contribution is 5.77. The minimum Gasteiger partial charge on any atom is -0.490 e. The van der Waals surface area contributed by atoms with Crippen molar-refractivity contribution in [3.05, 3.63) is 34.4 Å². The highest BCUT2D eigenvalue weighted by atomic mass is 16.5. The molecule has 0 bridgehead atoms. The van der Waals surface area contributed by atoms with E-state index in [1.165, 1.54) is 33.4 Å². The van der Waals surface area contributed by atoms with Crippen LogP contribution in [0, 0.1) is 5.92 Å². The Hall–Kier alpha value is -1.24. The summed E-state index contributed by atoms with van der Waals surface area (Å²) < 4.78 is 6.68. The van der Waals surface area contributed by atoms with E-state index < -0.39 is 0 Å². The third kappa shape index (κ3) is 5.47. The molecule has 0 saturated carbocycles. The molecule has 1 aromatic rings. The standard InChI is InChI=1S/C28H48O/c1-16(2)20(9)23-21(17(3)4)24(27(10,11)12)26(29-19(7)8)25(28(13,14)15)22(23)18(5)6/h16-19H,9H2,1-8,10-15H3. The van der Waals surface area contributed by atoms with Crippen molar-refractivity contribution < 1.29 is 4.74 Å². The zero-order valence-electron chi connectivity index (χ0n) is 21.9. The number of ether oxygens (including phenoxy) is 1. The summed E-state index contributed by atoms with van der Waals surface area (Å²) in [7, 11) is 0. The van der Waals surface area contributed by atoms with Crippen LogP contribution in [0.25, 0.3) is 5.57 Å². The molecule has 0 amide bonds. The molecule has 1 aromatic carbocycles. The van der Waals surface area contributed by atoms with Gasteiger partial charge >= 0.3 is 0 Å². The van der Waals surface area contributed by atoms with Gasteiger partial charge in [0.05, 0.1) is 6.10 Å². The fourth-order valence-electron chi connectivity index (χ4n) is 4.40. The molecule has 0 aliphatic rings. The largest absolute Gasteiger partial charge is 0.490 e. The van der Waals surface area contributed by atoms with Gasteiger partial charge in [-0.2, -0.15) is 0 Å². The molecular weight excluding hydrogens is 352 g/mol. The maximum Gasteiger partial charge on any atom is 0.127 e. The zero-order chi connectivity index (χ0) is 23.1. The predicted molar refractivity (Wildman–Crippen MR) is 132 cm³/mol. The summed E-state index contributed by atoms with van der Waals surface area (Å²) in [6.45, 7) is 36.7. The van der Waals surface area contributed by atoms with Gasteiger partial charge in [-0.15, -0.1) is 0 Å². The van der Waals surface area contributed by atoms with Crippen LogP contribution in [-0.4, -0.2) is 6.10 Å². The summed E-state index contributed by atoms with van der Waals surface area (Å²) in [6.07, 6.45) is 0.136. The quantitative estimate of drug-likeness (QED) is 0.463. The molecule has 0 aromatic heterocycles. The summed E-state index contributed by atoms with van der Waals surface area (Å²) in [4.78, 5) is 0. The van der Waals surface area contributed by atoms with Gasteiger partial charge < -0.3 is 4.74 Å². The Morgan fingerprint density at radius 1 is 0.690 bits per heavy atom. The molecule has 0 radical (unpaired) electrons. The zero-order valence-corrected chi connectivity index (χ0v) is 21.9. The van der Waals surface area contributed by atoms with Gasteiger partial charge in [-0.25, -0.2) is 0 Å². The fourth-order valence-corrected chi connectivity index (χ4v) is 4.40. The van der Waals surface area contributed by atoms with Crippen molar-refractivity contribution in [3.8, 4) is 5.75 Å². The van der Waals surface area contributed by atoms with Crippen molar-refractivity contribution in [2.24, 2.45) is 5.92 Å². The summed E-state index contributed by atoms with van der Waals surface area (Å²) in [6, 6.07) is 0. The second kappa shape index (κ2) is 8.86. The van der Waals surface area contributed by atoms with Crippen LogP contribution in [0.5, 0.6) is 5.75 Å². The van der Waals surface area contributed by atoms with Crippen molar-refractivity contribution in [2.45, 2.75) is 126 Å². The molecule has 0 heterocycles. The van der Waals surface area contributed by atoms with Crippen molar-refractivity contribution in [3.63, 3.8) is 0 Å². The summed E-state index contributed by atoms with van der Waals surface area (Å²) in [5.41, 5.74) is 8.21. The van der Waals surface area contributed by atoms with Crippen LogP contribution in [0.2, 0.25) is 0 Å². The summed E-state index contributed by atoms with van der Waals surface area (Å²) in [5.74, 6) is 2.32. The predicted octanol–water partition coefficient (Wildman–Crippen LogP) is 8.98. The van der Waals surface area contributed by atoms with Crippen LogP contribution >= 0.6 is 0 Å². The Kier molecular flexibility index (Phi) is 7.88. The lowest BCUT2D eigenvalue weighted by molar-refractivity contribution is 0.229. The first-order valence-corrected chi connectivity index (χ1v) is 11.5. The number of hydrogen-bond donors (Lipinski definition) is 0. The second-order valence-corrected chi connectivity index (χ2v) is 11.9. The van der Waals surface area contributed by atoms with E-state index in [0.29, 0.717) is 17.8 Å². The van der Waals surface area contributed by atoms with Gasteiger partial charge in [0.25, 0.3) is 0 Å². The van der Waals surface area contributed by atoms with E-state index in [1.54, 1.807) is 0 Å². The van der Waals surface area contributed by atoms with Gasteiger partial charge in [0.15, 0.2) is 0 Å². The summed E-state index contributed by atoms with van der Waals surface area (Å²) in [5, 5.41) is 0. The molecule has 166 valence electrons. The molecule has 29 heavy (non-hydrogen) atoms. The third-order valence-electron chi connectivity index (χ3n) is 5.56. The number of hydrogen-bond acceptors (Lipinski definition) is 1. The van der Waals surface area contributed by atoms with Crippen molar-refractivity contribution in [1.29, 1.82) is 0 Å². The number of benzene rings is 1. The second-order valence-electron chi connectivity index (χ2n) is 11.9. The molecule has 0 aliphatic heterocycles. The van der Waals surface area contributed by atoms with Crippen LogP contribution in [-0.2, 0) is 10.8 Å². The maximum absolute atomic E-state index is 6.68. The average Bonchev–Trinajstić information content (AvgIpc) is 2.49. The Labute approximate surface area is 182 Å². The molecule has 0 unspecified atom stereocenters. The lowest BCUT2D eigenvalue weighted by atomic mass is 9.67. The highest BCUT2D eigenvalue weighted by Crippen LogP contribution is 2.52. The Morgan fingerprint density at radius 2 is 1.03 bits per heavy atom. The fraction of sp³-hybridized carbons (Fsp3) is 0.714. The summed E-state index contributed by atoms with van der Waals surface area (Å²) >= 11 is 0. The molecule has 0 N–H and O–H groups in total. The van der Waals surface area contributed by atoms with Crippen LogP contribution in [0.4, 0.5) is 0 Å². The smallest absolute Gasteiger partial charge is 0.127 e. The lowest BCUT2D eigenvalue weighted by Crippen LogP contribution is -2.28.